The van der Waals surface area contributed by atoms with Crippen molar-refractivity contribution in [2.45, 2.75) is 25.9 Å². The van der Waals surface area contributed by atoms with Gasteiger partial charge in [0.25, 0.3) is 0 Å². The van der Waals surface area contributed by atoms with Crippen molar-refractivity contribution >= 4 is 11.8 Å². The number of hydrogen-bond donors (Lipinski definition) is 1. The van der Waals surface area contributed by atoms with Gasteiger partial charge in [-0.3, -0.25) is 0 Å². The molecule has 0 aromatic rings. The van der Waals surface area contributed by atoms with Crippen molar-refractivity contribution in [1.29, 1.82) is 0 Å². The maximum atomic E-state index is 9.02. The van der Waals surface area contributed by atoms with E-state index in [2.05, 4.69) is 0 Å². The number of hydrogen-bond acceptors (Lipinski definition) is 2. The monoisotopic (exact) mass is 146 g/mol. The summed E-state index contributed by atoms with van der Waals surface area (Å²) < 4.78 is 0. The predicted octanol–water partition coefficient (Wildman–Crippen LogP) is 2.02. The van der Waals surface area contributed by atoms with Crippen LogP contribution in [0.3, 0.4) is 0 Å². The van der Waals surface area contributed by atoms with Crippen LogP contribution >= 0.6 is 11.8 Å². The molecule has 9 heavy (non-hydrogen) atoms. The van der Waals surface area contributed by atoms with Crippen molar-refractivity contribution < 1.29 is 5.11 Å². The highest BCUT2D eigenvalue weighted by molar-refractivity contribution is 8.01. The van der Waals surface area contributed by atoms with Gasteiger partial charge in [0.05, 0.1) is 6.10 Å². The largest absolute Gasteiger partial charge is 0.393 e. The quantitative estimate of drug-likeness (QED) is 0.655. The van der Waals surface area contributed by atoms with E-state index < -0.39 is 0 Å². The third-order valence-electron chi connectivity index (χ3n) is 1.11. The second kappa shape index (κ2) is 6.17. The topological polar surface area (TPSA) is 20.2 Å². The lowest BCUT2D eigenvalue weighted by atomic mass is 10.2. The molecule has 0 aliphatic carbocycles. The van der Waals surface area contributed by atoms with Crippen LogP contribution in [0.2, 0.25) is 0 Å². The summed E-state index contributed by atoms with van der Waals surface area (Å²) in [5.74, 6) is 0. The van der Waals surface area contributed by atoms with E-state index in [1.807, 2.05) is 24.7 Å². The number of aliphatic hydroxyl groups excluding tert-OH is 1. The molecule has 54 valence electrons. The molecule has 1 unspecified atom stereocenters. The lowest BCUT2D eigenvalue weighted by Gasteiger charge is -2.00. The molecule has 0 aliphatic rings. The van der Waals surface area contributed by atoms with Crippen LogP contribution in [0.15, 0.2) is 11.5 Å². The lowest BCUT2D eigenvalue weighted by Crippen LogP contribution is -2.00. The number of rotatable bonds is 4. The normalized spacial score (nSPS) is 14.6. The van der Waals surface area contributed by atoms with Crippen LogP contribution in [-0.2, 0) is 0 Å². The van der Waals surface area contributed by atoms with Crippen LogP contribution in [0.1, 0.15) is 19.8 Å². The molecule has 1 N–H and O–H groups in total. The molecule has 0 amide bonds. The maximum absolute atomic E-state index is 9.02. The summed E-state index contributed by atoms with van der Waals surface area (Å²) in [4.78, 5) is 0. The molecule has 0 spiro atoms. The summed E-state index contributed by atoms with van der Waals surface area (Å²) in [6.45, 7) is 1.98. The van der Waals surface area contributed by atoms with Crippen LogP contribution in [0.4, 0.5) is 0 Å². The molecule has 0 aromatic heterocycles. The fourth-order valence-electron chi connectivity index (χ4n) is 0.476. The molecule has 1 nitrogen and oxygen atoms in total. The lowest BCUT2D eigenvalue weighted by molar-refractivity contribution is 0.174. The van der Waals surface area contributed by atoms with Crippen molar-refractivity contribution in [3.05, 3.63) is 11.5 Å². The van der Waals surface area contributed by atoms with Gasteiger partial charge in [0.15, 0.2) is 0 Å². The zero-order valence-electron chi connectivity index (χ0n) is 6.00. The molecular weight excluding hydrogens is 132 g/mol. The Balaban J connectivity index is 3.15. The van der Waals surface area contributed by atoms with Crippen LogP contribution in [-0.4, -0.2) is 17.5 Å². The first-order valence-electron chi connectivity index (χ1n) is 3.17. The second-order valence-corrected chi connectivity index (χ2v) is 2.65. The zero-order valence-corrected chi connectivity index (χ0v) is 6.82. The van der Waals surface area contributed by atoms with Crippen molar-refractivity contribution in [3.63, 3.8) is 0 Å². The van der Waals surface area contributed by atoms with Gasteiger partial charge in [0, 0.05) is 0 Å². The Labute approximate surface area is 61.2 Å². The van der Waals surface area contributed by atoms with E-state index in [1.165, 1.54) is 0 Å². The average molecular weight is 146 g/mol. The first kappa shape index (κ1) is 9.05. The second-order valence-electron chi connectivity index (χ2n) is 1.91. The fraction of sp³-hybridized carbons (Fsp3) is 0.714. The Morgan fingerprint density at radius 1 is 1.67 bits per heavy atom. The van der Waals surface area contributed by atoms with Crippen molar-refractivity contribution in [1.82, 2.24) is 0 Å². The highest BCUT2D eigenvalue weighted by Crippen LogP contribution is 2.00. The van der Waals surface area contributed by atoms with Gasteiger partial charge >= 0.3 is 0 Å². The summed E-state index contributed by atoms with van der Waals surface area (Å²) in [6.07, 6.45) is 5.50. The summed E-state index contributed by atoms with van der Waals surface area (Å²) >= 11 is 1.66. The Kier molecular flexibility index (Phi) is 6.21. The van der Waals surface area contributed by atoms with Crippen LogP contribution in [0.5, 0.6) is 0 Å². The molecule has 0 saturated carbocycles. The summed E-state index contributed by atoms with van der Waals surface area (Å²) in [7, 11) is 0. The van der Waals surface area contributed by atoms with Gasteiger partial charge in [-0.05, 0) is 24.5 Å². The third-order valence-corrected chi connectivity index (χ3v) is 1.58. The minimum absolute atomic E-state index is 0.145. The third kappa shape index (κ3) is 5.93. The van der Waals surface area contributed by atoms with Gasteiger partial charge < -0.3 is 5.11 Å². The highest BCUT2D eigenvalue weighted by Gasteiger charge is 1.93. The van der Waals surface area contributed by atoms with Crippen LogP contribution in [0.25, 0.3) is 0 Å². The van der Waals surface area contributed by atoms with Crippen LogP contribution in [0, 0.1) is 0 Å². The molecule has 1 atom stereocenters. The van der Waals surface area contributed by atoms with E-state index >= 15 is 0 Å². The SMILES string of the molecule is CCC(O)C/C=C/SC. The molecule has 0 radical (unpaired) electrons. The molecule has 0 aliphatic heterocycles. The highest BCUT2D eigenvalue weighted by atomic mass is 32.2. The minimum atomic E-state index is -0.145. The van der Waals surface area contributed by atoms with Crippen molar-refractivity contribution in [2.24, 2.45) is 0 Å². The van der Waals surface area contributed by atoms with Gasteiger partial charge in [0.1, 0.15) is 0 Å². The molecule has 0 aromatic carbocycles. The maximum Gasteiger partial charge on any atom is 0.0572 e. The Morgan fingerprint density at radius 3 is 2.78 bits per heavy atom. The number of aliphatic hydroxyl groups is 1. The molecule has 0 rings (SSSR count). The average Bonchev–Trinajstić information content (AvgIpc) is 1.89. The van der Waals surface area contributed by atoms with Gasteiger partial charge in [-0.25, -0.2) is 0 Å². The van der Waals surface area contributed by atoms with Gasteiger partial charge in [-0.1, -0.05) is 13.0 Å². The van der Waals surface area contributed by atoms with E-state index in [-0.39, 0.29) is 6.10 Å². The minimum Gasteiger partial charge on any atom is -0.393 e. The van der Waals surface area contributed by atoms with Gasteiger partial charge in [0.2, 0.25) is 0 Å². The molecule has 0 fully saturated rings. The van der Waals surface area contributed by atoms with E-state index in [9.17, 15) is 0 Å². The molecule has 0 bridgehead atoms. The van der Waals surface area contributed by atoms with Gasteiger partial charge in [-0.15, -0.1) is 11.8 Å². The summed E-state index contributed by atoms with van der Waals surface area (Å²) in [5.41, 5.74) is 0. The Morgan fingerprint density at radius 2 is 2.33 bits per heavy atom. The molecular formula is C7H14OS. The zero-order chi connectivity index (χ0) is 7.11. The van der Waals surface area contributed by atoms with E-state index in [1.54, 1.807) is 11.8 Å². The molecule has 2 heteroatoms. The van der Waals surface area contributed by atoms with E-state index in [4.69, 9.17) is 5.11 Å². The summed E-state index contributed by atoms with van der Waals surface area (Å²) in [5, 5.41) is 11.0. The first-order chi connectivity index (χ1) is 4.31. The van der Waals surface area contributed by atoms with E-state index in [0.29, 0.717) is 0 Å². The van der Waals surface area contributed by atoms with E-state index in [0.717, 1.165) is 12.8 Å². The van der Waals surface area contributed by atoms with Crippen molar-refractivity contribution in [3.8, 4) is 0 Å². The van der Waals surface area contributed by atoms with Crippen molar-refractivity contribution in [2.75, 3.05) is 6.26 Å². The Bertz CT molecular complexity index is 81.0. The molecule has 0 saturated heterocycles. The first-order valence-corrected chi connectivity index (χ1v) is 4.46. The summed E-state index contributed by atoms with van der Waals surface area (Å²) in [6, 6.07) is 0. The van der Waals surface area contributed by atoms with Gasteiger partial charge in [-0.2, -0.15) is 0 Å². The smallest absolute Gasteiger partial charge is 0.0572 e. The Hall–Kier alpha value is 0.0500. The predicted molar refractivity (Wildman–Crippen MR) is 43.6 cm³/mol. The molecule has 0 heterocycles. The fourth-order valence-corrected chi connectivity index (χ4v) is 0.779. The standard InChI is InChI=1S/C7H14OS/c1-3-7(8)5-4-6-9-2/h4,6-8H,3,5H2,1-2H3/b6-4+. The van der Waals surface area contributed by atoms with Crippen LogP contribution < -0.4 is 0 Å². The number of thioether (sulfide) groups is 1.